The first-order valence-corrected chi connectivity index (χ1v) is 13.6. The zero-order chi connectivity index (χ0) is 28.4. The fourth-order valence-corrected chi connectivity index (χ4v) is 5.32. The monoisotopic (exact) mass is 620 g/mol. The van der Waals surface area contributed by atoms with Gasteiger partial charge in [0.1, 0.15) is 0 Å². The quantitative estimate of drug-likeness (QED) is 0.279. The number of hydrogen-bond acceptors (Lipinski definition) is 8. The Bertz CT molecular complexity index is 1550. The molecule has 40 heavy (non-hydrogen) atoms. The number of thioether (sulfide) groups is 1. The van der Waals surface area contributed by atoms with Crippen LogP contribution in [-0.2, 0) is 16.1 Å². The number of methoxy groups -OCH3 is 1. The van der Waals surface area contributed by atoms with Crippen LogP contribution in [0.1, 0.15) is 11.1 Å². The highest BCUT2D eigenvalue weighted by atomic mass is 35.5. The van der Waals surface area contributed by atoms with Gasteiger partial charge in [-0.15, -0.1) is 0 Å². The predicted molar refractivity (Wildman–Crippen MR) is 153 cm³/mol. The van der Waals surface area contributed by atoms with Crippen molar-refractivity contribution >= 4 is 75.4 Å². The van der Waals surface area contributed by atoms with Crippen LogP contribution in [0.2, 0.25) is 15.1 Å². The van der Waals surface area contributed by atoms with E-state index in [-0.39, 0.29) is 41.4 Å². The van der Waals surface area contributed by atoms with E-state index in [9.17, 15) is 14.4 Å². The van der Waals surface area contributed by atoms with Gasteiger partial charge in [-0.2, -0.15) is 0 Å². The normalized spacial score (nSPS) is 15.1. The smallest absolute Gasteiger partial charge is 0.293 e. The Balaban J connectivity index is 1.28. The zero-order valence-corrected chi connectivity index (χ0v) is 23.7. The van der Waals surface area contributed by atoms with Crippen LogP contribution in [0.5, 0.6) is 23.0 Å². The number of imide groups is 1. The highest BCUT2D eigenvalue weighted by Gasteiger charge is 2.36. The number of benzene rings is 3. The van der Waals surface area contributed by atoms with Crippen molar-refractivity contribution in [2.75, 3.05) is 25.8 Å². The molecule has 9 nitrogen and oxygen atoms in total. The molecule has 13 heteroatoms. The van der Waals surface area contributed by atoms with E-state index in [4.69, 9.17) is 53.8 Å². The second-order valence-corrected chi connectivity index (χ2v) is 10.7. The number of halogens is 3. The van der Waals surface area contributed by atoms with Crippen LogP contribution < -0.4 is 24.3 Å². The molecule has 0 unspecified atom stereocenters. The lowest BCUT2D eigenvalue weighted by atomic mass is 10.1. The van der Waals surface area contributed by atoms with Crippen LogP contribution in [0, 0.1) is 0 Å². The van der Waals surface area contributed by atoms with E-state index in [0.717, 1.165) is 16.7 Å². The number of carbonyl (C=O) groups excluding carboxylic acids is 3. The number of fused-ring (bicyclic) bond motifs is 1. The van der Waals surface area contributed by atoms with Gasteiger partial charge in [-0.05, 0) is 71.4 Å². The maximum absolute atomic E-state index is 13.1. The largest absolute Gasteiger partial charge is 0.493 e. The van der Waals surface area contributed by atoms with Crippen LogP contribution >= 0.6 is 46.6 Å². The summed E-state index contributed by atoms with van der Waals surface area (Å²) in [5, 5.41) is 3.28. The molecule has 2 aliphatic heterocycles. The van der Waals surface area contributed by atoms with Gasteiger partial charge in [0.05, 0.1) is 23.6 Å². The van der Waals surface area contributed by atoms with Gasteiger partial charge in [-0.25, -0.2) is 0 Å². The number of amides is 3. The molecule has 3 aromatic carbocycles. The highest BCUT2D eigenvalue weighted by Crippen LogP contribution is 2.41. The average molecular weight is 622 g/mol. The number of rotatable bonds is 8. The molecular weight excluding hydrogens is 603 g/mol. The molecule has 0 aliphatic carbocycles. The summed E-state index contributed by atoms with van der Waals surface area (Å²) < 4.78 is 21.7. The van der Waals surface area contributed by atoms with Gasteiger partial charge in [0.15, 0.2) is 29.6 Å². The molecule has 0 spiro atoms. The van der Waals surface area contributed by atoms with Gasteiger partial charge >= 0.3 is 0 Å². The van der Waals surface area contributed by atoms with Gasteiger partial charge < -0.3 is 24.3 Å². The summed E-state index contributed by atoms with van der Waals surface area (Å²) in [5.74, 6) is 0.484. The number of nitrogens with one attached hydrogen (secondary N) is 1. The second kappa shape index (κ2) is 11.9. The summed E-state index contributed by atoms with van der Waals surface area (Å²) in [7, 11) is 1.42. The Kier molecular flexibility index (Phi) is 8.32. The highest BCUT2D eigenvalue weighted by molar-refractivity contribution is 8.18. The van der Waals surface area contributed by atoms with Crippen LogP contribution in [-0.4, -0.2) is 42.5 Å². The Morgan fingerprint density at radius 3 is 2.50 bits per heavy atom. The Morgan fingerprint density at radius 2 is 1.77 bits per heavy atom. The molecule has 1 saturated heterocycles. The summed E-state index contributed by atoms with van der Waals surface area (Å²) in [4.78, 5) is 39.4. The van der Waals surface area contributed by atoms with Crippen molar-refractivity contribution < 1.29 is 33.3 Å². The third-order valence-corrected chi connectivity index (χ3v) is 7.56. The van der Waals surface area contributed by atoms with Gasteiger partial charge in [0.25, 0.3) is 17.1 Å². The van der Waals surface area contributed by atoms with Crippen molar-refractivity contribution in [3.05, 3.63) is 79.6 Å². The van der Waals surface area contributed by atoms with E-state index >= 15 is 0 Å². The summed E-state index contributed by atoms with van der Waals surface area (Å²) in [5.41, 5.74) is 1.59. The number of carbonyl (C=O) groups is 3. The molecule has 1 N–H and O–H groups in total. The van der Waals surface area contributed by atoms with E-state index in [1.165, 1.54) is 13.2 Å². The lowest BCUT2D eigenvalue weighted by molar-refractivity contribution is -0.123. The average Bonchev–Trinajstić information content (AvgIpc) is 3.48. The first-order valence-electron chi connectivity index (χ1n) is 11.6. The van der Waals surface area contributed by atoms with Gasteiger partial charge in [-0.1, -0.05) is 34.8 Å². The standard InChI is InChI=1S/C27H19Cl3N2O7S/c1-36-22-7-14(6-19(30)25(22)37-12-24(33)31-17-4-2-16(28)3-5-17)8-23-26(34)32(27(35)40-23)11-15-9-20-21(10-18(15)29)39-13-38-20/h2-10H,11-13H2,1H3,(H,31,33)/b23-8-. The topological polar surface area (TPSA) is 103 Å². The minimum absolute atomic E-state index is 0.0353. The third-order valence-electron chi connectivity index (χ3n) is 5.77. The van der Waals surface area contributed by atoms with Crippen molar-refractivity contribution in [1.29, 1.82) is 0 Å². The number of ether oxygens (including phenoxy) is 4. The van der Waals surface area contributed by atoms with E-state index in [1.54, 1.807) is 48.5 Å². The molecule has 0 radical (unpaired) electrons. The van der Waals surface area contributed by atoms with Crippen LogP contribution in [0.25, 0.3) is 6.08 Å². The molecule has 206 valence electrons. The van der Waals surface area contributed by atoms with E-state index < -0.39 is 17.1 Å². The zero-order valence-electron chi connectivity index (χ0n) is 20.7. The minimum Gasteiger partial charge on any atom is -0.493 e. The summed E-state index contributed by atoms with van der Waals surface area (Å²) in [6.07, 6.45) is 1.53. The SMILES string of the molecule is COc1cc(/C=C2\SC(=O)N(Cc3cc4c(cc3Cl)OCO4)C2=O)cc(Cl)c1OCC(=O)Nc1ccc(Cl)cc1. The van der Waals surface area contributed by atoms with Gasteiger partial charge in [0, 0.05) is 21.8 Å². The van der Waals surface area contributed by atoms with Crippen molar-refractivity contribution in [3.8, 4) is 23.0 Å². The van der Waals surface area contributed by atoms with Crippen molar-refractivity contribution in [3.63, 3.8) is 0 Å². The lowest BCUT2D eigenvalue weighted by Crippen LogP contribution is -2.27. The molecule has 3 aromatic rings. The van der Waals surface area contributed by atoms with Crippen LogP contribution in [0.3, 0.4) is 0 Å². The molecule has 0 bridgehead atoms. The van der Waals surface area contributed by atoms with Crippen molar-refractivity contribution in [2.24, 2.45) is 0 Å². The Hall–Kier alpha value is -3.57. The fraction of sp³-hybridized carbons (Fsp3) is 0.148. The molecule has 0 saturated carbocycles. The molecule has 3 amide bonds. The van der Waals surface area contributed by atoms with Gasteiger partial charge in [-0.3, -0.25) is 19.3 Å². The summed E-state index contributed by atoms with van der Waals surface area (Å²) in [6.45, 7) is -0.294. The van der Waals surface area contributed by atoms with E-state index in [1.807, 2.05) is 0 Å². The Morgan fingerprint density at radius 1 is 1.05 bits per heavy atom. The third kappa shape index (κ3) is 6.10. The van der Waals surface area contributed by atoms with E-state index in [0.29, 0.717) is 38.4 Å². The number of nitrogens with zero attached hydrogens (tertiary/aromatic N) is 1. The molecular formula is C27H19Cl3N2O7S. The lowest BCUT2D eigenvalue weighted by Gasteiger charge is -2.14. The van der Waals surface area contributed by atoms with Crippen LogP contribution in [0.15, 0.2) is 53.4 Å². The molecule has 2 aliphatic rings. The molecule has 5 rings (SSSR count). The Labute approximate surface area is 247 Å². The molecule has 0 atom stereocenters. The first kappa shape index (κ1) is 28.0. The van der Waals surface area contributed by atoms with Gasteiger partial charge in [0.2, 0.25) is 6.79 Å². The maximum Gasteiger partial charge on any atom is 0.293 e. The first-order chi connectivity index (χ1) is 19.2. The minimum atomic E-state index is -0.488. The summed E-state index contributed by atoms with van der Waals surface area (Å²) >= 11 is 19.4. The fourth-order valence-electron chi connectivity index (χ4n) is 3.87. The molecule has 2 heterocycles. The molecule has 1 fully saturated rings. The maximum atomic E-state index is 13.1. The predicted octanol–water partition coefficient (Wildman–Crippen LogP) is 6.64. The van der Waals surface area contributed by atoms with E-state index in [2.05, 4.69) is 5.32 Å². The summed E-state index contributed by atoms with van der Waals surface area (Å²) in [6, 6.07) is 13.0. The van der Waals surface area contributed by atoms with Crippen LogP contribution in [0.4, 0.5) is 10.5 Å². The number of anilines is 1. The molecule has 0 aromatic heterocycles. The number of hydrogen-bond donors (Lipinski definition) is 1. The van der Waals surface area contributed by atoms with Crippen molar-refractivity contribution in [2.45, 2.75) is 6.54 Å². The second-order valence-electron chi connectivity index (χ2n) is 8.44. The van der Waals surface area contributed by atoms with Crippen molar-refractivity contribution in [1.82, 2.24) is 4.90 Å².